The van der Waals surface area contributed by atoms with Crippen LogP contribution in [0.2, 0.25) is 0 Å². The number of rotatable bonds is 10. The first-order valence-corrected chi connectivity index (χ1v) is 7.32. The second kappa shape index (κ2) is 10.1. The molecule has 0 spiro atoms. The summed E-state index contributed by atoms with van der Waals surface area (Å²) in [7, 11) is 0. The van der Waals surface area contributed by atoms with E-state index in [1.54, 1.807) is 6.92 Å². The van der Waals surface area contributed by atoms with Crippen molar-refractivity contribution in [2.45, 2.75) is 91.2 Å². The number of aliphatic hydroxyl groups is 1. The monoisotopic (exact) mass is 279 g/mol. The van der Waals surface area contributed by atoms with Gasteiger partial charge in [-0.1, -0.05) is 72.1 Å². The number of halogens is 1. The Labute approximate surface area is 120 Å². The lowest BCUT2D eigenvalue weighted by atomic mass is 9.78. The zero-order chi connectivity index (χ0) is 13.4. The van der Waals surface area contributed by atoms with E-state index >= 15 is 0 Å². The van der Waals surface area contributed by atoms with Crippen LogP contribution in [-0.2, 0) is 0 Å². The lowest BCUT2D eigenvalue weighted by molar-refractivity contribution is -0.0514. The summed E-state index contributed by atoms with van der Waals surface area (Å²) in [4.78, 5) is 0. The van der Waals surface area contributed by atoms with Crippen molar-refractivity contribution in [2.24, 2.45) is 11.1 Å². The van der Waals surface area contributed by atoms with Crippen molar-refractivity contribution >= 4 is 12.4 Å². The molecule has 0 aliphatic heterocycles. The highest BCUT2D eigenvalue weighted by molar-refractivity contribution is 5.85. The number of hydrogen-bond donors (Lipinski definition) is 2. The molecule has 1 atom stereocenters. The fourth-order valence-electron chi connectivity index (χ4n) is 1.95. The fourth-order valence-corrected chi connectivity index (χ4v) is 1.95. The van der Waals surface area contributed by atoms with Gasteiger partial charge in [0.15, 0.2) is 0 Å². The number of hydrogen-bond acceptors (Lipinski definition) is 2. The smallest absolute Gasteiger partial charge is 0.115 e. The van der Waals surface area contributed by atoms with E-state index in [1.807, 2.05) is 13.8 Å². The third-order valence-electron chi connectivity index (χ3n) is 4.03. The summed E-state index contributed by atoms with van der Waals surface area (Å²) < 4.78 is 0. The summed E-state index contributed by atoms with van der Waals surface area (Å²) in [5.41, 5.74) is 4.52. The van der Waals surface area contributed by atoms with Crippen LogP contribution >= 0.6 is 12.4 Å². The van der Waals surface area contributed by atoms with Crippen molar-refractivity contribution in [3.05, 3.63) is 0 Å². The molecule has 3 N–H and O–H groups in total. The molecule has 0 bridgehead atoms. The molecule has 0 saturated heterocycles. The van der Waals surface area contributed by atoms with Gasteiger partial charge in [-0.05, 0) is 13.3 Å². The molecule has 0 saturated carbocycles. The summed E-state index contributed by atoms with van der Waals surface area (Å²) in [6, 6.07) is 0. The third-order valence-corrected chi connectivity index (χ3v) is 4.03. The Morgan fingerprint density at radius 3 is 1.61 bits per heavy atom. The summed E-state index contributed by atoms with van der Waals surface area (Å²) in [6.45, 7) is 8.06. The first-order chi connectivity index (χ1) is 7.81. The van der Waals surface area contributed by atoms with Crippen LogP contribution in [0.3, 0.4) is 0 Å². The molecule has 0 aromatic rings. The van der Waals surface area contributed by atoms with Crippen LogP contribution in [0.4, 0.5) is 0 Å². The molecule has 0 aromatic carbocycles. The van der Waals surface area contributed by atoms with Gasteiger partial charge in [0.2, 0.25) is 0 Å². The van der Waals surface area contributed by atoms with Gasteiger partial charge in [0.05, 0.1) is 0 Å². The molecular weight excluding hydrogens is 246 g/mol. The van der Waals surface area contributed by atoms with E-state index in [9.17, 15) is 5.11 Å². The quantitative estimate of drug-likeness (QED) is 0.452. The van der Waals surface area contributed by atoms with Crippen LogP contribution in [0.1, 0.15) is 85.5 Å². The second-order valence-corrected chi connectivity index (χ2v) is 6.26. The third kappa shape index (κ3) is 9.18. The Morgan fingerprint density at radius 2 is 1.22 bits per heavy atom. The summed E-state index contributed by atoms with van der Waals surface area (Å²) in [6.07, 6.45) is 11.6. The lowest BCUT2D eigenvalue weighted by Crippen LogP contribution is -2.49. The van der Waals surface area contributed by atoms with E-state index < -0.39 is 5.72 Å². The minimum absolute atomic E-state index is 0. The molecule has 0 heterocycles. The summed E-state index contributed by atoms with van der Waals surface area (Å²) in [5, 5.41) is 9.82. The molecule has 0 fully saturated rings. The van der Waals surface area contributed by atoms with Crippen LogP contribution in [0.25, 0.3) is 0 Å². The van der Waals surface area contributed by atoms with Crippen LogP contribution < -0.4 is 5.73 Å². The average Bonchev–Trinajstić information content (AvgIpc) is 2.20. The molecule has 0 radical (unpaired) electrons. The van der Waals surface area contributed by atoms with Crippen LogP contribution in [0, 0.1) is 5.41 Å². The number of nitrogens with two attached hydrogens (primary N) is 1. The Morgan fingerprint density at radius 1 is 0.833 bits per heavy atom. The Kier molecular flexibility index (Phi) is 11.5. The van der Waals surface area contributed by atoms with E-state index in [1.165, 1.54) is 51.4 Å². The maximum atomic E-state index is 9.82. The summed E-state index contributed by atoms with van der Waals surface area (Å²) in [5.74, 6) is 0. The van der Waals surface area contributed by atoms with Crippen LogP contribution in [0.5, 0.6) is 0 Å². The topological polar surface area (TPSA) is 46.2 Å². The molecule has 0 amide bonds. The Hall–Kier alpha value is 0.210. The molecule has 0 rings (SSSR count). The predicted molar refractivity (Wildman–Crippen MR) is 83.1 cm³/mol. The molecule has 1 unspecified atom stereocenters. The van der Waals surface area contributed by atoms with Crippen molar-refractivity contribution in [1.29, 1.82) is 0 Å². The molecule has 2 nitrogen and oxygen atoms in total. The molecule has 3 heteroatoms. The maximum absolute atomic E-state index is 9.82. The molecule has 0 aromatic heterocycles. The van der Waals surface area contributed by atoms with E-state index in [-0.39, 0.29) is 17.8 Å². The maximum Gasteiger partial charge on any atom is 0.115 e. The molecule has 112 valence electrons. The van der Waals surface area contributed by atoms with Crippen molar-refractivity contribution in [3.63, 3.8) is 0 Å². The van der Waals surface area contributed by atoms with Gasteiger partial charge >= 0.3 is 0 Å². The van der Waals surface area contributed by atoms with E-state index in [0.717, 1.165) is 6.42 Å². The standard InChI is InChI=1S/C15H33NO.ClH/c1-5-6-7-8-9-10-11-12-13-14(2,3)15(4,16)17;/h17H,5-13,16H2,1-4H3;1H. The fraction of sp³-hybridized carbons (Fsp3) is 1.00. The van der Waals surface area contributed by atoms with Crippen LogP contribution in [-0.4, -0.2) is 10.8 Å². The van der Waals surface area contributed by atoms with Gasteiger partial charge in [0.1, 0.15) is 5.72 Å². The Balaban J connectivity index is 0. The second-order valence-electron chi connectivity index (χ2n) is 6.26. The van der Waals surface area contributed by atoms with Gasteiger partial charge < -0.3 is 10.8 Å². The van der Waals surface area contributed by atoms with Gasteiger partial charge in [0.25, 0.3) is 0 Å². The van der Waals surface area contributed by atoms with Gasteiger partial charge in [-0.3, -0.25) is 0 Å². The highest BCUT2D eigenvalue weighted by Crippen LogP contribution is 2.32. The molecule has 0 aliphatic rings. The van der Waals surface area contributed by atoms with Gasteiger partial charge in [-0.2, -0.15) is 0 Å². The minimum Gasteiger partial charge on any atom is -0.376 e. The first-order valence-electron chi connectivity index (χ1n) is 7.32. The van der Waals surface area contributed by atoms with Crippen molar-refractivity contribution < 1.29 is 5.11 Å². The lowest BCUT2D eigenvalue weighted by Gasteiger charge is -2.37. The zero-order valence-electron chi connectivity index (χ0n) is 12.8. The minimum atomic E-state index is -1.06. The van der Waals surface area contributed by atoms with Gasteiger partial charge in [0, 0.05) is 5.41 Å². The summed E-state index contributed by atoms with van der Waals surface area (Å²) >= 11 is 0. The zero-order valence-corrected chi connectivity index (χ0v) is 13.6. The van der Waals surface area contributed by atoms with Gasteiger partial charge in [-0.15, -0.1) is 12.4 Å². The van der Waals surface area contributed by atoms with Gasteiger partial charge in [-0.25, -0.2) is 0 Å². The average molecular weight is 280 g/mol. The van der Waals surface area contributed by atoms with Crippen LogP contribution in [0.15, 0.2) is 0 Å². The number of unbranched alkanes of at least 4 members (excludes halogenated alkanes) is 7. The van der Waals surface area contributed by atoms with E-state index in [4.69, 9.17) is 5.73 Å². The van der Waals surface area contributed by atoms with E-state index in [2.05, 4.69) is 6.92 Å². The largest absolute Gasteiger partial charge is 0.376 e. The van der Waals surface area contributed by atoms with E-state index in [0.29, 0.717) is 0 Å². The molecule has 18 heavy (non-hydrogen) atoms. The Bertz CT molecular complexity index is 187. The molecular formula is C15H34ClNO. The van der Waals surface area contributed by atoms with Crippen molar-refractivity contribution in [3.8, 4) is 0 Å². The van der Waals surface area contributed by atoms with Crippen molar-refractivity contribution in [1.82, 2.24) is 0 Å². The highest BCUT2D eigenvalue weighted by Gasteiger charge is 2.34. The normalized spacial score (nSPS) is 15.0. The SMILES string of the molecule is CCCCCCCCCCC(C)(C)C(C)(N)O.Cl. The highest BCUT2D eigenvalue weighted by atomic mass is 35.5. The molecule has 0 aliphatic carbocycles. The first kappa shape index (κ1) is 20.5. The predicted octanol–water partition coefficient (Wildman–Crippen LogP) is 4.63. The van der Waals surface area contributed by atoms with Crippen molar-refractivity contribution in [2.75, 3.05) is 0 Å².